The van der Waals surface area contributed by atoms with Crippen molar-refractivity contribution in [3.63, 3.8) is 0 Å². The van der Waals surface area contributed by atoms with Gasteiger partial charge < -0.3 is 5.32 Å². The second kappa shape index (κ2) is 6.06. The summed E-state index contributed by atoms with van der Waals surface area (Å²) in [6.45, 7) is 6.87. The maximum Gasteiger partial charge on any atom is 0.148 e. The van der Waals surface area contributed by atoms with Gasteiger partial charge in [-0.15, -0.1) is 11.6 Å². The summed E-state index contributed by atoms with van der Waals surface area (Å²) < 4.78 is 21.9. The number of halogens is 1. The van der Waals surface area contributed by atoms with Crippen LogP contribution in [0.1, 0.15) is 27.2 Å². The molecule has 0 fully saturated rings. The molecule has 0 rings (SSSR count). The molecule has 0 amide bonds. The predicted molar refractivity (Wildman–Crippen MR) is 66.3 cm³/mol. The minimum absolute atomic E-state index is 0.104. The van der Waals surface area contributed by atoms with Crippen LogP contribution in [-0.2, 0) is 9.84 Å². The summed E-state index contributed by atoms with van der Waals surface area (Å²) >= 11 is 5.71. The van der Waals surface area contributed by atoms with Crippen LogP contribution in [0.15, 0.2) is 0 Å². The highest BCUT2D eigenvalue weighted by Crippen LogP contribution is 2.21. The molecule has 0 bridgehead atoms. The van der Waals surface area contributed by atoms with Gasteiger partial charge in [0.2, 0.25) is 0 Å². The number of hydrogen-bond donors (Lipinski definition) is 1. The van der Waals surface area contributed by atoms with Crippen LogP contribution in [0.2, 0.25) is 0 Å². The molecule has 1 unspecified atom stereocenters. The van der Waals surface area contributed by atoms with Gasteiger partial charge in [0, 0.05) is 24.7 Å². The minimum Gasteiger partial charge on any atom is -0.312 e. The molecule has 0 aliphatic rings. The van der Waals surface area contributed by atoms with Crippen LogP contribution in [0, 0.1) is 5.41 Å². The van der Waals surface area contributed by atoms with E-state index in [0.717, 1.165) is 6.42 Å². The zero-order valence-electron chi connectivity index (χ0n) is 10.0. The summed E-state index contributed by atoms with van der Waals surface area (Å²) in [6, 6.07) is 0.261. The summed E-state index contributed by atoms with van der Waals surface area (Å²) in [5.41, 5.74) is 0.104. The Morgan fingerprint density at radius 2 is 1.87 bits per heavy atom. The van der Waals surface area contributed by atoms with Crippen LogP contribution in [0.25, 0.3) is 0 Å². The first-order valence-corrected chi connectivity index (χ1v) is 7.73. The molecule has 0 aromatic carbocycles. The first-order valence-electron chi connectivity index (χ1n) is 5.14. The number of hydrogen-bond acceptors (Lipinski definition) is 3. The molecule has 0 heterocycles. The van der Waals surface area contributed by atoms with Crippen molar-refractivity contribution < 1.29 is 8.42 Å². The van der Waals surface area contributed by atoms with E-state index in [0.29, 0.717) is 12.4 Å². The molecule has 1 atom stereocenters. The van der Waals surface area contributed by atoms with Gasteiger partial charge in [-0.2, -0.15) is 0 Å². The van der Waals surface area contributed by atoms with Crippen LogP contribution < -0.4 is 5.32 Å². The lowest BCUT2D eigenvalue weighted by Gasteiger charge is -2.31. The van der Waals surface area contributed by atoms with Crippen LogP contribution in [0.4, 0.5) is 0 Å². The number of alkyl halides is 1. The molecule has 0 aliphatic carbocycles. The van der Waals surface area contributed by atoms with Gasteiger partial charge in [0.1, 0.15) is 9.84 Å². The van der Waals surface area contributed by atoms with Gasteiger partial charge in [0.05, 0.1) is 5.75 Å². The van der Waals surface area contributed by atoms with Crippen molar-refractivity contribution in [2.24, 2.45) is 5.41 Å². The fourth-order valence-electron chi connectivity index (χ4n) is 1.37. The van der Waals surface area contributed by atoms with E-state index in [9.17, 15) is 8.42 Å². The van der Waals surface area contributed by atoms with Crippen molar-refractivity contribution in [1.29, 1.82) is 0 Å². The van der Waals surface area contributed by atoms with Crippen molar-refractivity contribution in [1.82, 2.24) is 5.32 Å². The number of nitrogens with one attached hydrogen (secondary N) is 1. The smallest absolute Gasteiger partial charge is 0.148 e. The molecule has 5 heteroatoms. The van der Waals surface area contributed by atoms with E-state index in [4.69, 9.17) is 11.6 Å². The Bertz CT molecular complexity index is 270. The van der Waals surface area contributed by atoms with Gasteiger partial charge in [-0.25, -0.2) is 8.42 Å². The van der Waals surface area contributed by atoms with Gasteiger partial charge in [0.15, 0.2) is 0 Å². The van der Waals surface area contributed by atoms with Crippen LogP contribution >= 0.6 is 11.6 Å². The molecule has 0 radical (unpaired) electrons. The topological polar surface area (TPSA) is 46.2 Å². The van der Waals surface area contributed by atoms with Gasteiger partial charge in [-0.3, -0.25) is 0 Å². The van der Waals surface area contributed by atoms with E-state index in [2.05, 4.69) is 26.1 Å². The van der Waals surface area contributed by atoms with Gasteiger partial charge in [-0.1, -0.05) is 20.8 Å². The van der Waals surface area contributed by atoms with Crippen molar-refractivity contribution in [2.75, 3.05) is 24.4 Å². The highest BCUT2D eigenvalue weighted by Gasteiger charge is 2.23. The van der Waals surface area contributed by atoms with Crippen LogP contribution in [-0.4, -0.2) is 38.9 Å². The highest BCUT2D eigenvalue weighted by molar-refractivity contribution is 7.90. The standard InChI is InChI=1S/C10H22ClNO2S/c1-10(2,3)9(5-6-11)12-7-8-15(4,13)14/h9,12H,5-8H2,1-4H3. The second-order valence-electron chi connectivity index (χ2n) is 4.98. The van der Waals surface area contributed by atoms with E-state index < -0.39 is 9.84 Å². The summed E-state index contributed by atoms with van der Waals surface area (Å²) in [6.07, 6.45) is 2.11. The zero-order chi connectivity index (χ0) is 12.1. The number of rotatable bonds is 6. The third-order valence-electron chi connectivity index (χ3n) is 2.31. The molecule has 92 valence electrons. The van der Waals surface area contributed by atoms with Gasteiger partial charge >= 0.3 is 0 Å². The third-order valence-corrected chi connectivity index (χ3v) is 3.47. The highest BCUT2D eigenvalue weighted by atomic mass is 35.5. The lowest BCUT2D eigenvalue weighted by atomic mass is 9.85. The summed E-state index contributed by atoms with van der Waals surface area (Å²) in [5, 5.41) is 3.25. The molecule has 1 N–H and O–H groups in total. The Morgan fingerprint density at radius 1 is 1.33 bits per heavy atom. The Balaban J connectivity index is 4.09. The number of sulfone groups is 1. The van der Waals surface area contributed by atoms with Crippen molar-refractivity contribution >= 4 is 21.4 Å². The first-order chi connectivity index (χ1) is 6.67. The average Bonchev–Trinajstić information content (AvgIpc) is 1.98. The maximum atomic E-state index is 11.0. The molecule has 0 aliphatic heterocycles. The zero-order valence-corrected chi connectivity index (χ0v) is 11.6. The minimum atomic E-state index is -2.88. The van der Waals surface area contributed by atoms with E-state index in [1.807, 2.05) is 0 Å². The Kier molecular flexibility index (Phi) is 6.14. The van der Waals surface area contributed by atoms with Crippen LogP contribution in [0.3, 0.4) is 0 Å². The average molecular weight is 256 g/mol. The SMILES string of the molecule is CC(C)(C)C(CCCl)NCCS(C)(=O)=O. The predicted octanol–water partition coefficient (Wildman–Crippen LogP) is 1.66. The molecule has 0 aromatic rings. The third kappa shape index (κ3) is 8.05. The lowest BCUT2D eigenvalue weighted by Crippen LogP contribution is -2.42. The normalized spacial score (nSPS) is 15.3. The largest absolute Gasteiger partial charge is 0.312 e. The van der Waals surface area contributed by atoms with Crippen molar-refractivity contribution in [3.05, 3.63) is 0 Å². The Labute approximate surface area is 98.5 Å². The summed E-state index contributed by atoms with van der Waals surface area (Å²) in [5.74, 6) is 0.773. The fraction of sp³-hybridized carbons (Fsp3) is 1.00. The van der Waals surface area contributed by atoms with E-state index in [1.54, 1.807) is 0 Å². The quantitative estimate of drug-likeness (QED) is 0.735. The monoisotopic (exact) mass is 255 g/mol. The van der Waals surface area contributed by atoms with E-state index in [1.165, 1.54) is 6.26 Å². The van der Waals surface area contributed by atoms with Gasteiger partial charge in [-0.05, 0) is 11.8 Å². The Morgan fingerprint density at radius 3 is 2.20 bits per heavy atom. The summed E-state index contributed by atoms with van der Waals surface area (Å²) in [7, 11) is -2.88. The molecule has 0 saturated carbocycles. The molecule has 15 heavy (non-hydrogen) atoms. The molecule has 3 nitrogen and oxygen atoms in total. The first kappa shape index (κ1) is 15.2. The maximum absolute atomic E-state index is 11.0. The second-order valence-corrected chi connectivity index (χ2v) is 7.62. The molecule has 0 saturated heterocycles. The van der Waals surface area contributed by atoms with Crippen molar-refractivity contribution in [2.45, 2.75) is 33.2 Å². The molecule has 0 spiro atoms. The molecule has 0 aromatic heterocycles. The van der Waals surface area contributed by atoms with E-state index in [-0.39, 0.29) is 17.2 Å². The lowest BCUT2D eigenvalue weighted by molar-refractivity contribution is 0.266. The van der Waals surface area contributed by atoms with Gasteiger partial charge in [0.25, 0.3) is 0 Å². The summed E-state index contributed by atoms with van der Waals surface area (Å²) in [4.78, 5) is 0. The molecular weight excluding hydrogens is 234 g/mol. The van der Waals surface area contributed by atoms with E-state index >= 15 is 0 Å². The van der Waals surface area contributed by atoms with Crippen LogP contribution in [0.5, 0.6) is 0 Å². The fourth-order valence-corrected chi connectivity index (χ4v) is 2.08. The Hall–Kier alpha value is 0.200. The molecular formula is C10H22ClNO2S. The van der Waals surface area contributed by atoms with Crippen molar-refractivity contribution in [3.8, 4) is 0 Å².